The van der Waals surface area contributed by atoms with Gasteiger partial charge in [0.05, 0.1) is 10.7 Å². The summed E-state index contributed by atoms with van der Waals surface area (Å²) < 4.78 is 26.3. The van der Waals surface area contributed by atoms with Crippen LogP contribution in [0.25, 0.3) is 0 Å². The fourth-order valence-electron chi connectivity index (χ4n) is 1.88. The normalized spacial score (nSPS) is 10.4. The van der Waals surface area contributed by atoms with Crippen LogP contribution in [0, 0.1) is 28.7 Å². The molecule has 120 valence electrons. The summed E-state index contributed by atoms with van der Waals surface area (Å²) in [6, 6.07) is 7.50. The van der Waals surface area contributed by atoms with Gasteiger partial charge in [-0.3, -0.25) is 14.9 Å². The van der Waals surface area contributed by atoms with Crippen molar-refractivity contribution in [2.24, 2.45) is 0 Å². The van der Waals surface area contributed by atoms with E-state index in [4.69, 9.17) is 0 Å². The average Bonchev–Trinajstić information content (AvgIpc) is 2.48. The van der Waals surface area contributed by atoms with Gasteiger partial charge in [0, 0.05) is 17.0 Å². The number of carbonyl (C=O) groups is 1. The molecule has 5 nitrogen and oxygen atoms in total. The standard InChI is InChI=1S/C15H12F2N2O3S/c1-9-3-2-4-12(19(21)22)15(9)18-14(20)8-23-13-6-5-10(16)7-11(13)17/h2-7H,8H2,1H3,(H,18,20). The van der Waals surface area contributed by atoms with Crippen LogP contribution in [0.3, 0.4) is 0 Å². The third kappa shape index (κ3) is 4.26. The summed E-state index contributed by atoms with van der Waals surface area (Å²) in [5.74, 6) is -2.14. The van der Waals surface area contributed by atoms with E-state index in [-0.39, 0.29) is 22.0 Å². The molecule has 2 rings (SSSR count). The number of nitro groups is 1. The van der Waals surface area contributed by atoms with E-state index in [1.54, 1.807) is 13.0 Å². The number of hydrogen-bond acceptors (Lipinski definition) is 4. The Kier molecular flexibility index (Phi) is 5.28. The number of nitro benzene ring substituents is 1. The highest BCUT2D eigenvalue weighted by molar-refractivity contribution is 8.00. The van der Waals surface area contributed by atoms with Gasteiger partial charge in [-0.05, 0) is 24.6 Å². The minimum atomic E-state index is -0.760. The first-order valence-electron chi connectivity index (χ1n) is 6.50. The van der Waals surface area contributed by atoms with E-state index < -0.39 is 22.5 Å². The number of halogens is 2. The zero-order valence-corrected chi connectivity index (χ0v) is 12.8. The van der Waals surface area contributed by atoms with Crippen LogP contribution >= 0.6 is 11.8 Å². The zero-order chi connectivity index (χ0) is 17.0. The third-order valence-electron chi connectivity index (χ3n) is 2.96. The molecule has 1 N–H and O–H groups in total. The highest BCUT2D eigenvalue weighted by atomic mass is 32.2. The van der Waals surface area contributed by atoms with E-state index >= 15 is 0 Å². The summed E-state index contributed by atoms with van der Waals surface area (Å²) in [5, 5.41) is 13.4. The number of amides is 1. The van der Waals surface area contributed by atoms with E-state index in [9.17, 15) is 23.7 Å². The number of carbonyl (C=O) groups excluding carboxylic acids is 1. The quantitative estimate of drug-likeness (QED) is 0.510. The molecule has 0 aliphatic heterocycles. The number of nitrogens with one attached hydrogen (secondary N) is 1. The lowest BCUT2D eigenvalue weighted by Gasteiger charge is -2.09. The molecule has 0 atom stereocenters. The first-order valence-corrected chi connectivity index (χ1v) is 7.48. The molecule has 0 bridgehead atoms. The topological polar surface area (TPSA) is 72.2 Å². The molecule has 0 aliphatic rings. The average molecular weight is 338 g/mol. The Labute approximate surface area is 134 Å². The molecule has 0 heterocycles. The van der Waals surface area contributed by atoms with Gasteiger partial charge in [-0.25, -0.2) is 8.78 Å². The first kappa shape index (κ1) is 16.9. The van der Waals surface area contributed by atoms with Crippen molar-refractivity contribution in [1.29, 1.82) is 0 Å². The number of rotatable bonds is 5. The molecule has 23 heavy (non-hydrogen) atoms. The molecule has 0 aromatic heterocycles. The second-order valence-corrected chi connectivity index (χ2v) is 5.65. The number of para-hydroxylation sites is 1. The van der Waals surface area contributed by atoms with E-state index in [2.05, 4.69) is 5.32 Å². The molecule has 0 fully saturated rings. The molecule has 0 saturated carbocycles. The van der Waals surface area contributed by atoms with Gasteiger partial charge in [0.1, 0.15) is 17.3 Å². The Hall–Kier alpha value is -2.48. The summed E-state index contributed by atoms with van der Waals surface area (Å²) in [5.41, 5.74) is 0.449. The maximum Gasteiger partial charge on any atom is 0.293 e. The Bertz CT molecular complexity index is 768. The van der Waals surface area contributed by atoms with Gasteiger partial charge in [-0.2, -0.15) is 0 Å². The van der Waals surface area contributed by atoms with Gasteiger partial charge in [0.25, 0.3) is 5.69 Å². The molecule has 0 saturated heterocycles. The smallest absolute Gasteiger partial charge is 0.293 e. The van der Waals surface area contributed by atoms with Crippen molar-refractivity contribution in [2.75, 3.05) is 11.1 Å². The molecule has 0 radical (unpaired) electrons. The molecule has 0 spiro atoms. The molecule has 0 aliphatic carbocycles. The van der Waals surface area contributed by atoms with Gasteiger partial charge in [-0.1, -0.05) is 12.1 Å². The SMILES string of the molecule is Cc1cccc([N+](=O)[O-])c1NC(=O)CSc1ccc(F)cc1F. The van der Waals surface area contributed by atoms with Gasteiger partial charge >= 0.3 is 0 Å². The Morgan fingerprint density at radius 2 is 2.04 bits per heavy atom. The summed E-state index contributed by atoms with van der Waals surface area (Å²) in [6.07, 6.45) is 0. The molecule has 0 unspecified atom stereocenters. The van der Waals surface area contributed by atoms with Crippen LogP contribution in [0.15, 0.2) is 41.3 Å². The number of aryl methyl sites for hydroxylation is 1. The van der Waals surface area contributed by atoms with Crippen molar-refractivity contribution >= 4 is 29.0 Å². The van der Waals surface area contributed by atoms with Gasteiger partial charge in [0.15, 0.2) is 0 Å². The maximum atomic E-state index is 13.5. The predicted molar refractivity (Wildman–Crippen MR) is 83.5 cm³/mol. The number of hydrogen-bond donors (Lipinski definition) is 1. The highest BCUT2D eigenvalue weighted by Crippen LogP contribution is 2.28. The van der Waals surface area contributed by atoms with Crippen LogP contribution in [0.4, 0.5) is 20.2 Å². The largest absolute Gasteiger partial charge is 0.319 e. The number of thioether (sulfide) groups is 1. The van der Waals surface area contributed by atoms with Crippen molar-refractivity contribution in [3.63, 3.8) is 0 Å². The van der Waals surface area contributed by atoms with Gasteiger partial charge in [0.2, 0.25) is 5.91 Å². The Balaban J connectivity index is 2.07. The van der Waals surface area contributed by atoms with E-state index in [0.29, 0.717) is 5.56 Å². The van der Waals surface area contributed by atoms with Crippen LogP contribution < -0.4 is 5.32 Å². The summed E-state index contributed by atoms with van der Waals surface area (Å²) in [6.45, 7) is 1.63. The van der Waals surface area contributed by atoms with Crippen LogP contribution in [0.1, 0.15) is 5.56 Å². The predicted octanol–water partition coefficient (Wildman–Crippen LogP) is 3.91. The fraction of sp³-hybridized carbons (Fsp3) is 0.133. The van der Waals surface area contributed by atoms with Gasteiger partial charge in [-0.15, -0.1) is 11.8 Å². The number of benzene rings is 2. The monoisotopic (exact) mass is 338 g/mol. The lowest BCUT2D eigenvalue weighted by Crippen LogP contribution is -2.16. The first-order chi connectivity index (χ1) is 10.9. The lowest BCUT2D eigenvalue weighted by atomic mass is 10.1. The maximum absolute atomic E-state index is 13.5. The third-order valence-corrected chi connectivity index (χ3v) is 4.01. The van der Waals surface area contributed by atoms with E-state index in [1.807, 2.05) is 0 Å². The van der Waals surface area contributed by atoms with Crippen molar-refractivity contribution in [3.8, 4) is 0 Å². The van der Waals surface area contributed by atoms with Crippen LogP contribution in [0.5, 0.6) is 0 Å². The highest BCUT2D eigenvalue weighted by Gasteiger charge is 2.18. The number of anilines is 1. The Morgan fingerprint density at radius 3 is 2.70 bits per heavy atom. The Morgan fingerprint density at radius 1 is 1.30 bits per heavy atom. The van der Waals surface area contributed by atoms with Crippen molar-refractivity contribution in [1.82, 2.24) is 0 Å². The van der Waals surface area contributed by atoms with Gasteiger partial charge < -0.3 is 5.32 Å². The second-order valence-electron chi connectivity index (χ2n) is 4.64. The van der Waals surface area contributed by atoms with Crippen LogP contribution in [-0.2, 0) is 4.79 Å². The molecular weight excluding hydrogens is 326 g/mol. The molecule has 2 aromatic rings. The fourth-order valence-corrected chi connectivity index (χ4v) is 2.60. The minimum Gasteiger partial charge on any atom is -0.319 e. The molecule has 2 aromatic carbocycles. The summed E-state index contributed by atoms with van der Waals surface area (Å²) in [7, 11) is 0. The zero-order valence-electron chi connectivity index (χ0n) is 12.0. The second kappa shape index (κ2) is 7.19. The molecular formula is C15H12F2N2O3S. The molecule has 1 amide bonds. The van der Waals surface area contributed by atoms with Crippen molar-refractivity contribution in [3.05, 3.63) is 63.7 Å². The lowest BCUT2D eigenvalue weighted by molar-refractivity contribution is -0.384. The van der Waals surface area contributed by atoms with Crippen LogP contribution in [0.2, 0.25) is 0 Å². The summed E-state index contributed by atoms with van der Waals surface area (Å²) >= 11 is 0.880. The van der Waals surface area contributed by atoms with E-state index in [1.165, 1.54) is 18.2 Å². The summed E-state index contributed by atoms with van der Waals surface area (Å²) in [4.78, 5) is 22.5. The van der Waals surface area contributed by atoms with E-state index in [0.717, 1.165) is 23.9 Å². The molecule has 8 heteroatoms. The van der Waals surface area contributed by atoms with Crippen LogP contribution in [-0.4, -0.2) is 16.6 Å². The number of nitrogens with zero attached hydrogens (tertiary/aromatic N) is 1. The minimum absolute atomic E-state index is 0.114. The van der Waals surface area contributed by atoms with Crippen molar-refractivity contribution < 1.29 is 18.5 Å². The van der Waals surface area contributed by atoms with Crippen molar-refractivity contribution in [2.45, 2.75) is 11.8 Å².